The maximum absolute atomic E-state index is 12.4. The van der Waals surface area contributed by atoms with Crippen molar-refractivity contribution in [2.75, 3.05) is 11.9 Å². The van der Waals surface area contributed by atoms with Gasteiger partial charge in [-0.05, 0) is 31.4 Å². The first-order valence-corrected chi connectivity index (χ1v) is 8.43. The average molecular weight is 338 g/mol. The fraction of sp³-hybridized carbons (Fsp3) is 0.333. The molecule has 3 amide bonds. The summed E-state index contributed by atoms with van der Waals surface area (Å²) in [5.74, 6) is -0.318. The fourth-order valence-electron chi connectivity index (χ4n) is 3.39. The predicted molar refractivity (Wildman–Crippen MR) is 90.2 cm³/mol. The fourth-order valence-corrected chi connectivity index (χ4v) is 3.39. The van der Waals surface area contributed by atoms with Crippen molar-refractivity contribution in [2.24, 2.45) is 0 Å². The third-order valence-electron chi connectivity index (χ3n) is 4.62. The van der Waals surface area contributed by atoms with E-state index in [0.717, 1.165) is 41.1 Å². The number of nitrogens with one attached hydrogen (secondary N) is 1. The highest BCUT2D eigenvalue weighted by Crippen LogP contribution is 2.31. The van der Waals surface area contributed by atoms with Crippen LogP contribution in [0.5, 0.6) is 0 Å². The molecule has 1 aromatic carbocycles. The number of aryl methyl sites for hydroxylation is 1. The Morgan fingerprint density at radius 2 is 1.76 bits per heavy atom. The molecule has 7 heteroatoms. The summed E-state index contributed by atoms with van der Waals surface area (Å²) in [6.07, 6.45) is 3.13. The lowest BCUT2D eigenvalue weighted by molar-refractivity contribution is -0.141. The Hall–Kier alpha value is -2.96. The summed E-state index contributed by atoms with van der Waals surface area (Å²) >= 11 is 0. The van der Waals surface area contributed by atoms with E-state index in [0.29, 0.717) is 5.82 Å². The van der Waals surface area contributed by atoms with Gasteiger partial charge in [0.25, 0.3) is 0 Å². The smallest absolute Gasteiger partial charge is 0.245 e. The second kappa shape index (κ2) is 6.16. The van der Waals surface area contributed by atoms with Crippen molar-refractivity contribution in [2.45, 2.75) is 32.1 Å². The highest BCUT2D eigenvalue weighted by Gasteiger charge is 2.31. The largest absolute Gasteiger partial charge is 0.309 e. The number of imide groups is 1. The highest BCUT2D eigenvalue weighted by atomic mass is 16.2. The number of fused-ring (bicyclic) bond motifs is 1. The van der Waals surface area contributed by atoms with Gasteiger partial charge in [-0.15, -0.1) is 0 Å². The second-order valence-corrected chi connectivity index (χ2v) is 6.30. The molecule has 1 fully saturated rings. The van der Waals surface area contributed by atoms with Crippen molar-refractivity contribution in [3.8, 4) is 5.69 Å². The third kappa shape index (κ3) is 2.82. The van der Waals surface area contributed by atoms with Crippen LogP contribution >= 0.6 is 0 Å². The van der Waals surface area contributed by atoms with Gasteiger partial charge in [0, 0.05) is 18.4 Å². The SMILES string of the molecule is O=C(CN1C(=O)CCC1=O)Nc1c2c(nn1-c1ccccc1)CCC2. The number of anilines is 1. The van der Waals surface area contributed by atoms with E-state index in [9.17, 15) is 14.4 Å². The van der Waals surface area contributed by atoms with E-state index in [4.69, 9.17) is 0 Å². The van der Waals surface area contributed by atoms with E-state index < -0.39 is 0 Å². The zero-order valence-electron chi connectivity index (χ0n) is 13.7. The van der Waals surface area contributed by atoms with E-state index in [2.05, 4.69) is 10.4 Å². The Labute approximate surface area is 144 Å². The number of nitrogens with zero attached hydrogens (tertiary/aromatic N) is 3. The molecule has 2 aromatic rings. The minimum absolute atomic E-state index is 0.184. The molecule has 128 valence electrons. The van der Waals surface area contributed by atoms with Gasteiger partial charge in [-0.1, -0.05) is 18.2 Å². The number of amides is 3. The lowest BCUT2D eigenvalue weighted by Crippen LogP contribution is -2.37. The van der Waals surface area contributed by atoms with Crippen LogP contribution < -0.4 is 5.32 Å². The van der Waals surface area contributed by atoms with Crippen LogP contribution in [-0.4, -0.2) is 38.9 Å². The van der Waals surface area contributed by atoms with Crippen molar-refractivity contribution < 1.29 is 14.4 Å². The number of hydrogen-bond acceptors (Lipinski definition) is 4. The summed E-state index contributed by atoms with van der Waals surface area (Å²) in [6.45, 7) is -0.244. The van der Waals surface area contributed by atoms with Gasteiger partial charge < -0.3 is 5.32 Å². The van der Waals surface area contributed by atoms with Crippen LogP contribution in [0.4, 0.5) is 5.82 Å². The van der Waals surface area contributed by atoms with Gasteiger partial charge in [0.2, 0.25) is 17.7 Å². The van der Waals surface area contributed by atoms with Crippen LogP contribution in [0.1, 0.15) is 30.5 Å². The van der Waals surface area contributed by atoms with Crippen LogP contribution in [0.25, 0.3) is 5.69 Å². The van der Waals surface area contributed by atoms with Gasteiger partial charge in [-0.3, -0.25) is 19.3 Å². The number of likely N-dealkylation sites (tertiary alicyclic amines) is 1. The molecule has 0 bridgehead atoms. The van der Waals surface area contributed by atoms with Crippen LogP contribution in [-0.2, 0) is 27.2 Å². The van der Waals surface area contributed by atoms with Gasteiger partial charge >= 0.3 is 0 Å². The van der Waals surface area contributed by atoms with Crippen molar-refractivity contribution in [1.29, 1.82) is 0 Å². The molecular formula is C18H18N4O3. The van der Waals surface area contributed by atoms with Gasteiger partial charge in [-0.2, -0.15) is 5.10 Å². The Balaban J connectivity index is 1.60. The van der Waals surface area contributed by atoms with E-state index in [1.165, 1.54) is 0 Å². The molecule has 2 aliphatic rings. The number of rotatable bonds is 4. The summed E-state index contributed by atoms with van der Waals surface area (Å²) < 4.78 is 1.73. The molecule has 1 saturated heterocycles. The molecule has 0 spiro atoms. The lowest BCUT2D eigenvalue weighted by atomic mass is 10.2. The van der Waals surface area contributed by atoms with Crippen molar-refractivity contribution in [1.82, 2.24) is 14.7 Å². The van der Waals surface area contributed by atoms with Crippen LogP contribution in [0.15, 0.2) is 30.3 Å². The Bertz CT molecular complexity index is 841. The van der Waals surface area contributed by atoms with Crippen molar-refractivity contribution >= 4 is 23.5 Å². The maximum atomic E-state index is 12.4. The zero-order valence-corrected chi connectivity index (χ0v) is 13.7. The second-order valence-electron chi connectivity index (χ2n) is 6.30. The molecule has 4 rings (SSSR count). The van der Waals surface area contributed by atoms with E-state index in [1.807, 2.05) is 30.3 Å². The number of hydrogen-bond donors (Lipinski definition) is 1. The quantitative estimate of drug-likeness (QED) is 0.855. The van der Waals surface area contributed by atoms with E-state index in [1.54, 1.807) is 4.68 Å². The van der Waals surface area contributed by atoms with E-state index >= 15 is 0 Å². The molecule has 0 unspecified atom stereocenters. The maximum Gasteiger partial charge on any atom is 0.245 e. The number of carbonyl (C=O) groups is 3. The standard InChI is InChI=1S/C18H18N4O3/c23-15(11-21-16(24)9-10-17(21)25)19-18-13-7-4-8-14(13)20-22(18)12-5-2-1-3-6-12/h1-3,5-6H,4,7-11H2,(H,19,23). The summed E-state index contributed by atoms with van der Waals surface area (Å²) in [7, 11) is 0. The Morgan fingerprint density at radius 3 is 2.48 bits per heavy atom. The van der Waals surface area contributed by atoms with Crippen LogP contribution in [0.3, 0.4) is 0 Å². The van der Waals surface area contributed by atoms with Gasteiger partial charge in [0.1, 0.15) is 12.4 Å². The first-order valence-electron chi connectivity index (χ1n) is 8.43. The van der Waals surface area contributed by atoms with Crippen molar-refractivity contribution in [3.63, 3.8) is 0 Å². The first-order chi connectivity index (χ1) is 12.1. The summed E-state index contributed by atoms with van der Waals surface area (Å²) in [6, 6.07) is 9.59. The normalized spacial score (nSPS) is 16.4. The predicted octanol–water partition coefficient (Wildman–Crippen LogP) is 1.45. The Morgan fingerprint density at radius 1 is 1.04 bits per heavy atom. The molecule has 1 aliphatic heterocycles. The number of benzene rings is 1. The zero-order chi connectivity index (χ0) is 17.4. The highest BCUT2D eigenvalue weighted by molar-refractivity contribution is 6.06. The molecule has 1 N–H and O–H groups in total. The molecule has 0 radical (unpaired) electrons. The minimum atomic E-state index is -0.379. The van der Waals surface area contributed by atoms with Gasteiger partial charge in [0.05, 0.1) is 11.4 Å². The van der Waals surface area contributed by atoms with Gasteiger partial charge in [0.15, 0.2) is 0 Å². The molecule has 1 aliphatic carbocycles. The lowest BCUT2D eigenvalue weighted by Gasteiger charge is -2.15. The minimum Gasteiger partial charge on any atom is -0.309 e. The molecule has 7 nitrogen and oxygen atoms in total. The number of para-hydroxylation sites is 1. The van der Waals surface area contributed by atoms with Gasteiger partial charge in [-0.25, -0.2) is 4.68 Å². The average Bonchev–Trinajstić information content (AvgIpc) is 3.28. The van der Waals surface area contributed by atoms with Crippen LogP contribution in [0, 0.1) is 0 Å². The molecule has 1 aromatic heterocycles. The molecule has 25 heavy (non-hydrogen) atoms. The number of carbonyl (C=O) groups excluding carboxylic acids is 3. The molecule has 2 heterocycles. The molecule has 0 saturated carbocycles. The van der Waals surface area contributed by atoms with E-state index in [-0.39, 0.29) is 37.1 Å². The van der Waals surface area contributed by atoms with Crippen molar-refractivity contribution in [3.05, 3.63) is 41.6 Å². The number of aromatic nitrogens is 2. The third-order valence-corrected chi connectivity index (χ3v) is 4.62. The summed E-state index contributed by atoms with van der Waals surface area (Å²) in [5, 5.41) is 7.50. The summed E-state index contributed by atoms with van der Waals surface area (Å²) in [4.78, 5) is 36.9. The molecular weight excluding hydrogens is 320 g/mol. The Kier molecular flexibility index (Phi) is 3.83. The topological polar surface area (TPSA) is 84.3 Å². The van der Waals surface area contributed by atoms with Crippen LogP contribution in [0.2, 0.25) is 0 Å². The monoisotopic (exact) mass is 338 g/mol. The summed E-state index contributed by atoms with van der Waals surface area (Å²) in [5.41, 5.74) is 2.89. The molecule has 0 atom stereocenters. The first kappa shape index (κ1) is 15.6.